The van der Waals surface area contributed by atoms with E-state index in [9.17, 15) is 14.0 Å². The molecule has 2 heterocycles. The van der Waals surface area contributed by atoms with E-state index in [1.807, 2.05) is 48.5 Å². The molecule has 2 aliphatic heterocycles. The van der Waals surface area contributed by atoms with Crippen molar-refractivity contribution in [2.75, 3.05) is 60.2 Å². The van der Waals surface area contributed by atoms with Crippen LogP contribution >= 0.6 is 0 Å². The lowest BCUT2D eigenvalue weighted by molar-refractivity contribution is -0.133. The van der Waals surface area contributed by atoms with Crippen molar-refractivity contribution >= 4 is 17.5 Å². The molecule has 2 amide bonds. The highest BCUT2D eigenvalue weighted by Crippen LogP contribution is 2.37. The topological polar surface area (TPSA) is 83.9 Å². The van der Waals surface area contributed by atoms with Crippen LogP contribution < -0.4 is 9.47 Å². The summed E-state index contributed by atoms with van der Waals surface area (Å²) in [6, 6.07) is 20.2. The molecule has 0 radical (unpaired) electrons. The van der Waals surface area contributed by atoms with Crippen LogP contribution in [-0.2, 0) is 9.53 Å². The zero-order chi connectivity index (χ0) is 29.5. The third-order valence-corrected chi connectivity index (χ3v) is 7.56. The number of rotatable bonds is 10. The number of methoxy groups -OCH3 is 2. The highest BCUT2D eigenvalue weighted by Gasteiger charge is 2.36. The van der Waals surface area contributed by atoms with Gasteiger partial charge in [-0.25, -0.2) is 9.40 Å². The van der Waals surface area contributed by atoms with Crippen LogP contribution in [0.5, 0.6) is 11.5 Å². The van der Waals surface area contributed by atoms with E-state index >= 15 is 0 Å². The number of benzene rings is 3. The molecule has 1 atom stereocenters. The monoisotopic (exact) mass is 574 g/mol. The maximum absolute atomic E-state index is 14.0. The molecule has 10 heteroatoms. The van der Waals surface area contributed by atoms with Gasteiger partial charge in [-0.2, -0.15) is 5.10 Å². The first-order chi connectivity index (χ1) is 20.5. The molecule has 0 aromatic heterocycles. The Bertz CT molecular complexity index is 1420. The standard InChI is InChI=1S/C32H35FN4O5/c1-40-26-12-10-23(11-13-26)28-21-29(27-8-3-4-9-30(27)41-2)37(34-28)31(38)22-36(15-14-35-16-18-42-19-17-35)32(39)24-6-5-7-25(33)20-24/h3-13,20,29H,14-19,21-22H2,1-2H3/t29-/m1/s1. The average molecular weight is 575 g/mol. The lowest BCUT2D eigenvalue weighted by atomic mass is 9.97. The van der Waals surface area contributed by atoms with Gasteiger partial charge < -0.3 is 19.1 Å². The third-order valence-electron chi connectivity index (χ3n) is 7.56. The molecule has 0 saturated carbocycles. The number of hydrogen-bond donors (Lipinski definition) is 0. The highest BCUT2D eigenvalue weighted by atomic mass is 19.1. The van der Waals surface area contributed by atoms with Gasteiger partial charge in [-0.1, -0.05) is 24.3 Å². The largest absolute Gasteiger partial charge is 0.497 e. The molecule has 5 rings (SSSR count). The van der Waals surface area contributed by atoms with E-state index in [1.165, 1.54) is 28.1 Å². The minimum atomic E-state index is -0.509. The van der Waals surface area contributed by atoms with Crippen molar-refractivity contribution in [2.45, 2.75) is 12.5 Å². The van der Waals surface area contributed by atoms with Gasteiger partial charge in [0.25, 0.3) is 11.8 Å². The molecule has 220 valence electrons. The number of carbonyl (C=O) groups is 2. The number of ether oxygens (including phenoxy) is 3. The Morgan fingerprint density at radius 2 is 1.76 bits per heavy atom. The van der Waals surface area contributed by atoms with E-state index in [0.29, 0.717) is 38.5 Å². The lowest BCUT2D eigenvalue weighted by Gasteiger charge is -2.31. The molecule has 3 aromatic rings. The van der Waals surface area contributed by atoms with Crippen LogP contribution in [0.25, 0.3) is 0 Å². The van der Waals surface area contributed by atoms with E-state index < -0.39 is 17.8 Å². The van der Waals surface area contributed by atoms with Gasteiger partial charge in [0.1, 0.15) is 23.9 Å². The van der Waals surface area contributed by atoms with Gasteiger partial charge in [0.05, 0.1) is 39.2 Å². The molecule has 1 fully saturated rings. The molecular formula is C32H35FN4O5. The van der Waals surface area contributed by atoms with E-state index in [-0.39, 0.29) is 18.0 Å². The molecule has 2 aliphatic rings. The van der Waals surface area contributed by atoms with Crippen LogP contribution in [0, 0.1) is 5.82 Å². The normalized spacial score (nSPS) is 17.1. The minimum absolute atomic E-state index is 0.190. The smallest absolute Gasteiger partial charge is 0.262 e. The third kappa shape index (κ3) is 6.78. The second-order valence-electron chi connectivity index (χ2n) is 10.2. The van der Waals surface area contributed by atoms with Crippen molar-refractivity contribution in [3.05, 3.63) is 95.3 Å². The Hall–Kier alpha value is -4.28. The second kappa shape index (κ2) is 13.6. The van der Waals surface area contributed by atoms with Crippen LogP contribution in [0.1, 0.15) is 33.9 Å². The summed E-state index contributed by atoms with van der Waals surface area (Å²) in [7, 11) is 3.20. The summed E-state index contributed by atoms with van der Waals surface area (Å²) < 4.78 is 30.4. The summed E-state index contributed by atoms with van der Waals surface area (Å²) in [5.41, 5.74) is 2.61. The van der Waals surface area contributed by atoms with E-state index in [4.69, 9.17) is 19.3 Å². The first-order valence-corrected chi connectivity index (χ1v) is 14.0. The number of hydrogen-bond acceptors (Lipinski definition) is 7. The molecule has 9 nitrogen and oxygen atoms in total. The number of amides is 2. The molecule has 0 aliphatic carbocycles. The lowest BCUT2D eigenvalue weighted by Crippen LogP contribution is -2.46. The summed E-state index contributed by atoms with van der Waals surface area (Å²) in [4.78, 5) is 31.3. The summed E-state index contributed by atoms with van der Waals surface area (Å²) in [6.07, 6.45) is 0.462. The Morgan fingerprint density at radius 3 is 2.48 bits per heavy atom. The highest BCUT2D eigenvalue weighted by molar-refractivity contribution is 6.04. The van der Waals surface area contributed by atoms with Gasteiger partial charge in [0.2, 0.25) is 0 Å². The molecule has 0 N–H and O–H groups in total. The van der Waals surface area contributed by atoms with Gasteiger partial charge in [-0.15, -0.1) is 0 Å². The number of carbonyl (C=O) groups excluding carboxylic acids is 2. The number of hydrazone groups is 1. The first-order valence-electron chi connectivity index (χ1n) is 14.0. The van der Waals surface area contributed by atoms with Crippen LogP contribution in [0.4, 0.5) is 4.39 Å². The van der Waals surface area contributed by atoms with Gasteiger partial charge >= 0.3 is 0 Å². The van der Waals surface area contributed by atoms with E-state index in [1.54, 1.807) is 20.3 Å². The predicted octanol–water partition coefficient (Wildman–Crippen LogP) is 4.00. The van der Waals surface area contributed by atoms with Gasteiger partial charge in [0.15, 0.2) is 0 Å². The van der Waals surface area contributed by atoms with Crippen LogP contribution in [0.2, 0.25) is 0 Å². The Kier molecular flexibility index (Phi) is 9.45. The summed E-state index contributed by atoms with van der Waals surface area (Å²) in [5, 5.41) is 6.23. The molecule has 3 aromatic carbocycles. The van der Waals surface area contributed by atoms with Crippen molar-refractivity contribution in [1.82, 2.24) is 14.8 Å². The van der Waals surface area contributed by atoms with Crippen molar-refractivity contribution in [3.8, 4) is 11.5 Å². The van der Waals surface area contributed by atoms with Crippen molar-refractivity contribution in [2.24, 2.45) is 5.10 Å². The van der Waals surface area contributed by atoms with Gasteiger partial charge in [0, 0.05) is 43.7 Å². The summed E-state index contributed by atoms with van der Waals surface area (Å²) >= 11 is 0. The number of morpholine rings is 1. The maximum atomic E-state index is 14.0. The first kappa shape index (κ1) is 29.2. The van der Waals surface area contributed by atoms with Crippen LogP contribution in [0.3, 0.4) is 0 Å². The van der Waals surface area contributed by atoms with E-state index in [2.05, 4.69) is 4.90 Å². The van der Waals surface area contributed by atoms with Crippen LogP contribution in [-0.4, -0.2) is 92.5 Å². The number of halogens is 1. The van der Waals surface area contributed by atoms with Gasteiger partial charge in [-0.05, 0) is 54.1 Å². The summed E-state index contributed by atoms with van der Waals surface area (Å²) in [6.45, 7) is 3.37. The molecule has 0 bridgehead atoms. The number of nitrogens with zero attached hydrogens (tertiary/aromatic N) is 4. The average Bonchev–Trinajstić information content (AvgIpc) is 3.49. The number of para-hydroxylation sites is 1. The van der Waals surface area contributed by atoms with Crippen LogP contribution in [0.15, 0.2) is 77.9 Å². The predicted molar refractivity (Wildman–Crippen MR) is 156 cm³/mol. The van der Waals surface area contributed by atoms with Crippen molar-refractivity contribution < 1.29 is 28.2 Å². The quantitative estimate of drug-likeness (QED) is 0.364. The maximum Gasteiger partial charge on any atom is 0.262 e. The molecular weight excluding hydrogens is 539 g/mol. The SMILES string of the molecule is COc1ccc(C2=NN(C(=O)CN(CCN3CCOCC3)C(=O)c3cccc(F)c3)[C@@H](c3ccccc3OC)C2)cc1. The fraction of sp³-hybridized carbons (Fsp3) is 0.344. The molecule has 0 spiro atoms. The summed E-state index contributed by atoms with van der Waals surface area (Å²) in [5.74, 6) is 0.0966. The molecule has 1 saturated heterocycles. The minimum Gasteiger partial charge on any atom is -0.497 e. The fourth-order valence-electron chi connectivity index (χ4n) is 5.26. The zero-order valence-corrected chi connectivity index (χ0v) is 23.9. The fourth-order valence-corrected chi connectivity index (χ4v) is 5.26. The Labute approximate surface area is 245 Å². The molecule has 0 unspecified atom stereocenters. The second-order valence-corrected chi connectivity index (χ2v) is 10.2. The zero-order valence-electron chi connectivity index (χ0n) is 23.9. The van der Waals surface area contributed by atoms with Gasteiger partial charge in [-0.3, -0.25) is 14.5 Å². The van der Waals surface area contributed by atoms with E-state index in [0.717, 1.165) is 35.7 Å². The van der Waals surface area contributed by atoms with Crippen molar-refractivity contribution in [1.29, 1.82) is 0 Å². The molecule has 42 heavy (non-hydrogen) atoms. The Morgan fingerprint density at radius 1 is 1.00 bits per heavy atom. The Balaban J connectivity index is 1.44. The van der Waals surface area contributed by atoms with Crippen molar-refractivity contribution in [3.63, 3.8) is 0 Å².